The summed E-state index contributed by atoms with van der Waals surface area (Å²) < 4.78 is 0. The van der Waals surface area contributed by atoms with E-state index in [1.807, 2.05) is 6.92 Å². The molecule has 104 valence electrons. The van der Waals surface area contributed by atoms with E-state index in [9.17, 15) is 0 Å². The summed E-state index contributed by atoms with van der Waals surface area (Å²) in [5.41, 5.74) is 4.71. The molecule has 1 N–H and O–H groups in total. The molecule has 0 amide bonds. The lowest BCUT2D eigenvalue weighted by atomic mass is 9.94. The van der Waals surface area contributed by atoms with Crippen molar-refractivity contribution in [3.05, 3.63) is 47.4 Å². The van der Waals surface area contributed by atoms with E-state index < -0.39 is 0 Å². The lowest BCUT2D eigenvalue weighted by Crippen LogP contribution is -2.29. The highest BCUT2D eigenvalue weighted by Gasteiger charge is 2.18. The molecule has 0 bridgehead atoms. The van der Waals surface area contributed by atoms with Crippen LogP contribution in [0.15, 0.2) is 30.3 Å². The molecule has 1 aromatic carbocycles. The van der Waals surface area contributed by atoms with Gasteiger partial charge in [0, 0.05) is 23.7 Å². The van der Waals surface area contributed by atoms with Gasteiger partial charge in [-0.15, -0.1) is 0 Å². The van der Waals surface area contributed by atoms with E-state index in [0.717, 1.165) is 24.6 Å². The Morgan fingerprint density at radius 3 is 2.75 bits per heavy atom. The molecule has 1 fully saturated rings. The fraction of sp³-hybridized carbons (Fsp3) is 0.412. The first-order valence-electron chi connectivity index (χ1n) is 7.36. The van der Waals surface area contributed by atoms with Crippen molar-refractivity contribution in [3.63, 3.8) is 0 Å². The number of hydrogen-bond acceptors (Lipinski definition) is 3. The summed E-state index contributed by atoms with van der Waals surface area (Å²) in [6.45, 7) is 6.28. The number of aromatic nitrogens is 2. The number of nitrogens with zero attached hydrogens (tertiary/aromatic N) is 2. The Hall–Kier alpha value is -1.74. The van der Waals surface area contributed by atoms with Crippen LogP contribution in [0.2, 0.25) is 0 Å². The highest BCUT2D eigenvalue weighted by atomic mass is 14.9. The second-order valence-electron chi connectivity index (χ2n) is 5.58. The lowest BCUT2D eigenvalue weighted by molar-refractivity contribution is 0.453. The first kappa shape index (κ1) is 13.3. The molecule has 0 saturated carbocycles. The smallest absolute Gasteiger partial charge is 0.126 e. The third-order valence-electron chi connectivity index (χ3n) is 3.99. The Balaban J connectivity index is 2.00. The second kappa shape index (κ2) is 5.71. The van der Waals surface area contributed by atoms with Crippen molar-refractivity contribution in [1.29, 1.82) is 0 Å². The molecule has 3 nitrogen and oxygen atoms in total. The quantitative estimate of drug-likeness (QED) is 0.907. The van der Waals surface area contributed by atoms with Gasteiger partial charge in [-0.3, -0.25) is 0 Å². The van der Waals surface area contributed by atoms with Gasteiger partial charge >= 0.3 is 0 Å². The molecule has 1 aromatic heterocycles. The molecular formula is C17H21N3. The van der Waals surface area contributed by atoms with Crippen molar-refractivity contribution < 1.29 is 0 Å². The first-order chi connectivity index (χ1) is 9.74. The summed E-state index contributed by atoms with van der Waals surface area (Å²) in [6, 6.07) is 10.6. The highest BCUT2D eigenvalue weighted by Crippen LogP contribution is 2.27. The Bertz CT molecular complexity index is 601. The number of benzene rings is 1. The lowest BCUT2D eigenvalue weighted by Gasteiger charge is -2.23. The Morgan fingerprint density at radius 1 is 1.15 bits per heavy atom. The van der Waals surface area contributed by atoms with Crippen LogP contribution in [-0.2, 0) is 0 Å². The molecule has 3 heteroatoms. The summed E-state index contributed by atoms with van der Waals surface area (Å²) in [5, 5.41) is 3.46. The summed E-state index contributed by atoms with van der Waals surface area (Å²) in [7, 11) is 0. The van der Waals surface area contributed by atoms with Gasteiger partial charge in [-0.05, 0) is 44.9 Å². The summed E-state index contributed by atoms with van der Waals surface area (Å²) in [6.07, 6.45) is 2.45. The van der Waals surface area contributed by atoms with E-state index in [1.165, 1.54) is 29.7 Å². The molecule has 1 atom stereocenters. The number of piperidine rings is 1. The van der Waals surface area contributed by atoms with Crippen LogP contribution in [0.25, 0.3) is 11.3 Å². The van der Waals surface area contributed by atoms with Crippen LogP contribution in [0, 0.1) is 13.8 Å². The summed E-state index contributed by atoms with van der Waals surface area (Å²) in [4.78, 5) is 9.29. The van der Waals surface area contributed by atoms with Gasteiger partial charge in [-0.25, -0.2) is 9.97 Å². The van der Waals surface area contributed by atoms with E-state index in [2.05, 4.69) is 52.5 Å². The molecular weight excluding hydrogens is 246 g/mol. The van der Waals surface area contributed by atoms with E-state index >= 15 is 0 Å². The highest BCUT2D eigenvalue weighted by molar-refractivity contribution is 5.63. The number of rotatable bonds is 2. The molecule has 1 aliphatic heterocycles. The minimum Gasteiger partial charge on any atom is -0.316 e. The van der Waals surface area contributed by atoms with Crippen molar-refractivity contribution in [2.45, 2.75) is 32.6 Å². The SMILES string of the molecule is Cc1nc(-c2ccccc2C)cc(C2CCCNC2)n1. The van der Waals surface area contributed by atoms with Gasteiger partial charge in [0.2, 0.25) is 0 Å². The zero-order valence-corrected chi connectivity index (χ0v) is 12.2. The number of hydrogen-bond donors (Lipinski definition) is 1. The molecule has 2 aromatic rings. The average molecular weight is 267 g/mol. The fourth-order valence-electron chi connectivity index (χ4n) is 2.90. The first-order valence-corrected chi connectivity index (χ1v) is 7.36. The van der Waals surface area contributed by atoms with Gasteiger partial charge in [-0.2, -0.15) is 0 Å². The predicted molar refractivity (Wildman–Crippen MR) is 81.8 cm³/mol. The predicted octanol–water partition coefficient (Wildman–Crippen LogP) is 3.23. The molecule has 1 unspecified atom stereocenters. The molecule has 1 saturated heterocycles. The van der Waals surface area contributed by atoms with Crippen LogP contribution in [-0.4, -0.2) is 23.1 Å². The largest absolute Gasteiger partial charge is 0.316 e. The molecule has 0 spiro atoms. The van der Waals surface area contributed by atoms with Crippen LogP contribution in [0.4, 0.5) is 0 Å². The minimum atomic E-state index is 0.521. The van der Waals surface area contributed by atoms with Crippen molar-refractivity contribution in [1.82, 2.24) is 15.3 Å². The maximum atomic E-state index is 4.66. The maximum absolute atomic E-state index is 4.66. The summed E-state index contributed by atoms with van der Waals surface area (Å²) >= 11 is 0. The van der Waals surface area contributed by atoms with E-state index in [0.29, 0.717) is 5.92 Å². The van der Waals surface area contributed by atoms with Crippen LogP contribution in [0.5, 0.6) is 0 Å². The standard InChI is InChI=1S/C17H21N3/c1-12-6-3-4-8-15(12)17-10-16(19-13(2)20-17)14-7-5-9-18-11-14/h3-4,6,8,10,14,18H,5,7,9,11H2,1-2H3. The van der Waals surface area contributed by atoms with Gasteiger partial charge < -0.3 is 5.32 Å². The van der Waals surface area contributed by atoms with Crippen molar-refractivity contribution in [2.24, 2.45) is 0 Å². The van der Waals surface area contributed by atoms with Crippen LogP contribution in [0.3, 0.4) is 0 Å². The van der Waals surface area contributed by atoms with Crippen molar-refractivity contribution in [3.8, 4) is 11.3 Å². The van der Waals surface area contributed by atoms with Gasteiger partial charge in [0.1, 0.15) is 5.82 Å². The Labute approximate surface area is 120 Å². The Morgan fingerprint density at radius 2 is 2.00 bits per heavy atom. The molecule has 3 rings (SSSR count). The van der Waals surface area contributed by atoms with Crippen LogP contribution < -0.4 is 5.32 Å². The number of nitrogens with one attached hydrogen (secondary N) is 1. The van der Waals surface area contributed by atoms with Gasteiger partial charge in [-0.1, -0.05) is 24.3 Å². The topological polar surface area (TPSA) is 37.8 Å². The number of aryl methyl sites for hydroxylation is 2. The zero-order chi connectivity index (χ0) is 13.9. The monoisotopic (exact) mass is 267 g/mol. The third kappa shape index (κ3) is 2.73. The van der Waals surface area contributed by atoms with E-state index in [-0.39, 0.29) is 0 Å². The minimum absolute atomic E-state index is 0.521. The van der Waals surface area contributed by atoms with E-state index in [4.69, 9.17) is 0 Å². The van der Waals surface area contributed by atoms with Crippen LogP contribution in [0.1, 0.15) is 35.8 Å². The normalized spacial score (nSPS) is 19.0. The van der Waals surface area contributed by atoms with Crippen molar-refractivity contribution in [2.75, 3.05) is 13.1 Å². The van der Waals surface area contributed by atoms with Gasteiger partial charge in [0.15, 0.2) is 0 Å². The average Bonchev–Trinajstić information content (AvgIpc) is 2.48. The third-order valence-corrected chi connectivity index (χ3v) is 3.99. The maximum Gasteiger partial charge on any atom is 0.126 e. The zero-order valence-electron chi connectivity index (χ0n) is 12.2. The molecule has 0 aliphatic carbocycles. The molecule has 1 aliphatic rings. The molecule has 0 radical (unpaired) electrons. The van der Waals surface area contributed by atoms with Crippen LogP contribution >= 0.6 is 0 Å². The van der Waals surface area contributed by atoms with E-state index in [1.54, 1.807) is 0 Å². The summed E-state index contributed by atoms with van der Waals surface area (Å²) in [5.74, 6) is 1.39. The molecule has 2 heterocycles. The van der Waals surface area contributed by atoms with Gasteiger partial charge in [0.25, 0.3) is 0 Å². The van der Waals surface area contributed by atoms with Crippen molar-refractivity contribution >= 4 is 0 Å². The molecule has 20 heavy (non-hydrogen) atoms. The second-order valence-corrected chi connectivity index (χ2v) is 5.58. The Kier molecular flexibility index (Phi) is 3.79. The fourth-order valence-corrected chi connectivity index (χ4v) is 2.90. The van der Waals surface area contributed by atoms with Gasteiger partial charge in [0.05, 0.1) is 5.69 Å².